The van der Waals surface area contributed by atoms with E-state index in [4.69, 9.17) is 4.74 Å². The maximum atomic E-state index is 13.8. The van der Waals surface area contributed by atoms with Crippen LogP contribution >= 0.6 is 11.3 Å². The molecule has 2 heterocycles. The number of hydrogen-bond donors (Lipinski definition) is 4. The van der Waals surface area contributed by atoms with Crippen molar-refractivity contribution in [3.63, 3.8) is 0 Å². The zero-order valence-corrected chi connectivity index (χ0v) is 32.2. The molecule has 0 saturated heterocycles. The van der Waals surface area contributed by atoms with E-state index in [1.165, 1.54) is 37.0 Å². The molecule has 0 aliphatic heterocycles. The number of amides is 2. The van der Waals surface area contributed by atoms with Crippen molar-refractivity contribution in [2.24, 2.45) is 5.92 Å². The van der Waals surface area contributed by atoms with Gasteiger partial charge in [-0.1, -0.05) is 113 Å². The number of benzene rings is 3. The lowest BCUT2D eigenvalue weighted by Gasteiger charge is -2.24. The minimum atomic E-state index is -1.65. The van der Waals surface area contributed by atoms with Crippen LogP contribution in [0.25, 0.3) is 22.5 Å². The van der Waals surface area contributed by atoms with Gasteiger partial charge in [0.05, 0.1) is 11.5 Å². The van der Waals surface area contributed by atoms with Gasteiger partial charge in [0.2, 0.25) is 5.91 Å². The first kappa shape index (κ1) is 39.3. The molecule has 10 nitrogen and oxygen atoms in total. The van der Waals surface area contributed by atoms with Gasteiger partial charge in [0.1, 0.15) is 17.9 Å². The van der Waals surface area contributed by atoms with Crippen molar-refractivity contribution in [2.75, 3.05) is 6.61 Å². The lowest BCUT2D eigenvalue weighted by atomic mass is 9.95. The second-order valence-corrected chi connectivity index (χ2v) is 16.2. The molecule has 0 radical (unpaired) electrons. The van der Waals surface area contributed by atoms with Gasteiger partial charge >= 0.3 is 5.97 Å². The Morgan fingerprint density at radius 1 is 0.836 bits per heavy atom. The summed E-state index contributed by atoms with van der Waals surface area (Å²) in [5.41, 5.74) is 3.50. The number of carboxylic acids is 1. The van der Waals surface area contributed by atoms with Crippen molar-refractivity contribution >= 4 is 29.1 Å². The Morgan fingerprint density at radius 2 is 1.49 bits per heavy atom. The van der Waals surface area contributed by atoms with E-state index in [2.05, 4.69) is 41.4 Å². The Balaban J connectivity index is 1.13. The highest BCUT2D eigenvalue weighted by atomic mass is 32.1. The second-order valence-electron chi connectivity index (χ2n) is 15.1. The van der Waals surface area contributed by atoms with Crippen LogP contribution < -0.4 is 15.4 Å². The summed E-state index contributed by atoms with van der Waals surface area (Å²) in [6, 6.07) is 24.3. The number of aliphatic carboxylic acids is 1. The lowest BCUT2D eigenvalue weighted by molar-refractivity contribution is -0.145. The van der Waals surface area contributed by atoms with Crippen molar-refractivity contribution < 1.29 is 29.3 Å². The van der Waals surface area contributed by atoms with E-state index < -0.39 is 36.0 Å². The van der Waals surface area contributed by atoms with Gasteiger partial charge in [-0.2, -0.15) is 0 Å². The average molecular weight is 761 g/mol. The SMILES string of the molecule is CC(C)(C)c1ccc(C(=O)NC(Cc2ccc(-c3ncc(-c4ccc(OCCC5CCCC5)cc4)cn3)cc2)C(=O)NC(C(=O)O)C(O)c2ccccc2)s1. The monoisotopic (exact) mass is 760 g/mol. The first-order valence-electron chi connectivity index (χ1n) is 18.8. The van der Waals surface area contributed by atoms with Crippen LogP contribution in [0.5, 0.6) is 5.75 Å². The number of carbonyl (C=O) groups is 3. The van der Waals surface area contributed by atoms with Gasteiger partial charge in [0.15, 0.2) is 11.9 Å². The third-order valence-electron chi connectivity index (χ3n) is 9.97. The van der Waals surface area contributed by atoms with Crippen LogP contribution in [0.15, 0.2) is 103 Å². The van der Waals surface area contributed by atoms with E-state index in [0.717, 1.165) is 46.3 Å². The molecule has 2 amide bonds. The van der Waals surface area contributed by atoms with Crippen LogP contribution in [-0.2, 0) is 21.4 Å². The summed E-state index contributed by atoms with van der Waals surface area (Å²) in [6.07, 6.45) is 8.51. The fraction of sp³-hybridized carbons (Fsp3) is 0.341. The Kier molecular flexibility index (Phi) is 12.7. The van der Waals surface area contributed by atoms with Gasteiger partial charge in [-0.15, -0.1) is 11.3 Å². The Labute approximate surface area is 326 Å². The molecule has 3 unspecified atom stereocenters. The van der Waals surface area contributed by atoms with Gasteiger partial charge in [0, 0.05) is 34.8 Å². The topological polar surface area (TPSA) is 151 Å². The summed E-state index contributed by atoms with van der Waals surface area (Å²) in [4.78, 5) is 50.1. The normalized spacial score (nSPS) is 14.8. The van der Waals surface area contributed by atoms with Crippen LogP contribution in [0.1, 0.15) is 84.7 Å². The summed E-state index contributed by atoms with van der Waals surface area (Å²) >= 11 is 1.34. The van der Waals surface area contributed by atoms with Crippen LogP contribution in [0, 0.1) is 5.92 Å². The number of hydrogen-bond acceptors (Lipinski definition) is 8. The molecule has 0 spiro atoms. The maximum absolute atomic E-state index is 13.8. The fourth-order valence-electron chi connectivity index (χ4n) is 6.71. The Morgan fingerprint density at radius 3 is 2.11 bits per heavy atom. The summed E-state index contributed by atoms with van der Waals surface area (Å²) in [5, 5.41) is 26.2. The molecule has 6 rings (SSSR count). The van der Waals surface area contributed by atoms with Crippen molar-refractivity contribution in [1.82, 2.24) is 20.6 Å². The number of thiophene rings is 1. The van der Waals surface area contributed by atoms with Crippen molar-refractivity contribution in [1.29, 1.82) is 0 Å². The van der Waals surface area contributed by atoms with Crippen LogP contribution in [0.3, 0.4) is 0 Å². The molecule has 11 heteroatoms. The average Bonchev–Trinajstić information content (AvgIpc) is 3.91. The van der Waals surface area contributed by atoms with E-state index in [1.54, 1.807) is 48.8 Å². The molecule has 1 aliphatic rings. The Hall–Kier alpha value is -5.39. The minimum absolute atomic E-state index is 0.0587. The Bertz CT molecular complexity index is 2040. The second kappa shape index (κ2) is 17.8. The molecule has 1 saturated carbocycles. The molecule has 3 aromatic carbocycles. The van der Waals surface area contributed by atoms with E-state index in [1.807, 2.05) is 54.6 Å². The van der Waals surface area contributed by atoms with E-state index >= 15 is 0 Å². The standard InChI is InChI=1S/C44H48N4O6S/c1-44(2,3)37-22-21-36(55-37)42(51)47-35(41(50)48-38(43(52)53)39(49)31-11-5-4-6-12-31)25-29-13-15-32(16-14-29)40-45-26-33(27-46-40)30-17-19-34(20-18-30)54-24-23-28-9-7-8-10-28/h4-6,11-22,26-28,35,38-39,49H,7-10,23-25H2,1-3H3,(H,47,51)(H,48,50)(H,52,53). The smallest absolute Gasteiger partial charge is 0.329 e. The van der Waals surface area contributed by atoms with E-state index in [0.29, 0.717) is 21.8 Å². The lowest BCUT2D eigenvalue weighted by Crippen LogP contribution is -2.54. The van der Waals surface area contributed by atoms with E-state index in [9.17, 15) is 24.6 Å². The van der Waals surface area contributed by atoms with E-state index in [-0.39, 0.29) is 11.8 Å². The third-order valence-corrected chi connectivity index (χ3v) is 11.5. The zero-order valence-electron chi connectivity index (χ0n) is 31.4. The highest BCUT2D eigenvalue weighted by Gasteiger charge is 2.33. The number of carbonyl (C=O) groups excluding carboxylic acids is 2. The van der Waals surface area contributed by atoms with Crippen molar-refractivity contribution in [2.45, 2.75) is 82.9 Å². The van der Waals surface area contributed by atoms with Gasteiger partial charge in [0.25, 0.3) is 5.91 Å². The number of rotatable bonds is 15. The molecule has 2 aromatic heterocycles. The van der Waals surface area contributed by atoms with Crippen molar-refractivity contribution in [3.05, 3.63) is 124 Å². The first-order valence-corrected chi connectivity index (χ1v) is 19.6. The predicted molar refractivity (Wildman–Crippen MR) is 214 cm³/mol. The van der Waals surface area contributed by atoms with Crippen LogP contribution in [0.2, 0.25) is 0 Å². The molecule has 0 bridgehead atoms. The zero-order chi connectivity index (χ0) is 39.0. The molecule has 1 aliphatic carbocycles. The highest BCUT2D eigenvalue weighted by Crippen LogP contribution is 2.30. The minimum Gasteiger partial charge on any atom is -0.494 e. The molecule has 286 valence electrons. The number of aromatic nitrogens is 2. The maximum Gasteiger partial charge on any atom is 0.329 e. The summed E-state index contributed by atoms with van der Waals surface area (Å²) in [5.74, 6) is -0.435. The molecule has 1 fully saturated rings. The number of aliphatic hydroxyl groups is 1. The molecule has 3 atom stereocenters. The molecule has 55 heavy (non-hydrogen) atoms. The summed E-state index contributed by atoms with van der Waals surface area (Å²) in [6.45, 7) is 6.89. The molecule has 4 N–H and O–H groups in total. The van der Waals surface area contributed by atoms with Crippen LogP contribution in [-0.4, -0.2) is 56.7 Å². The fourth-order valence-corrected chi connectivity index (χ4v) is 7.68. The van der Waals surface area contributed by atoms with Gasteiger partial charge in [-0.05, 0) is 58.7 Å². The number of nitrogens with zero attached hydrogens (tertiary/aromatic N) is 2. The largest absolute Gasteiger partial charge is 0.494 e. The van der Waals surface area contributed by atoms with Crippen LogP contribution in [0.4, 0.5) is 0 Å². The number of aliphatic hydroxyl groups excluding tert-OH is 1. The van der Waals surface area contributed by atoms with Crippen molar-refractivity contribution in [3.8, 4) is 28.3 Å². The number of nitrogens with one attached hydrogen (secondary N) is 2. The summed E-state index contributed by atoms with van der Waals surface area (Å²) in [7, 11) is 0. The first-order chi connectivity index (χ1) is 26.4. The molecular formula is C44H48N4O6S. The summed E-state index contributed by atoms with van der Waals surface area (Å²) < 4.78 is 5.98. The number of ether oxygens (including phenoxy) is 1. The number of carboxylic acid groups (broad SMARTS) is 1. The van der Waals surface area contributed by atoms with Gasteiger partial charge < -0.3 is 25.6 Å². The molecule has 5 aromatic rings. The predicted octanol–water partition coefficient (Wildman–Crippen LogP) is 7.77. The quantitative estimate of drug-likeness (QED) is 0.0846. The molecular weight excluding hydrogens is 713 g/mol. The van der Waals surface area contributed by atoms with Gasteiger partial charge in [-0.3, -0.25) is 9.59 Å². The third kappa shape index (κ3) is 10.4. The highest BCUT2D eigenvalue weighted by molar-refractivity contribution is 7.14. The van der Waals surface area contributed by atoms with Gasteiger partial charge in [-0.25, -0.2) is 14.8 Å².